The number of sulfone groups is 1. The average molecular weight is 451 g/mol. The number of hydrogen-bond acceptors (Lipinski definition) is 8. The molecule has 1 amide bonds. The molecule has 0 saturated carbocycles. The minimum atomic E-state index is -3.13. The molecule has 2 saturated heterocycles. The van der Waals surface area contributed by atoms with Crippen LogP contribution in [0.25, 0.3) is 17.4 Å². The molecule has 2 fully saturated rings. The van der Waals surface area contributed by atoms with Gasteiger partial charge >= 0.3 is 0 Å². The molecular formula is C18H14N2O6S3. The van der Waals surface area contributed by atoms with Crippen molar-refractivity contribution in [2.45, 2.75) is 12.5 Å². The molecule has 0 spiro atoms. The van der Waals surface area contributed by atoms with Crippen LogP contribution in [0.4, 0.5) is 5.69 Å². The smallest absolute Gasteiger partial charge is 0.269 e. The number of nitro groups is 1. The maximum atomic E-state index is 12.7. The molecule has 3 heterocycles. The largest absolute Gasteiger partial charge is 0.457 e. The molecule has 4 rings (SSSR count). The quantitative estimate of drug-likeness (QED) is 0.302. The van der Waals surface area contributed by atoms with E-state index in [4.69, 9.17) is 16.6 Å². The lowest BCUT2D eigenvalue weighted by Crippen LogP contribution is -2.39. The first-order chi connectivity index (χ1) is 13.7. The minimum Gasteiger partial charge on any atom is -0.457 e. The number of non-ortho nitro benzene ring substituents is 1. The standard InChI is InChI=1S/C18H14N2O6S3/c21-17-16(28-18(27)19(17)13-7-8-29(24,25)10-13)9-14-5-6-15(26-14)11-1-3-12(4-2-11)20(22)23/h1-6,9,13H,7-8,10H2/b16-9-/t13-/m1/s1. The molecule has 8 nitrogen and oxygen atoms in total. The molecule has 0 aliphatic carbocycles. The predicted octanol–water partition coefficient (Wildman–Crippen LogP) is 3.24. The summed E-state index contributed by atoms with van der Waals surface area (Å²) < 4.78 is 29.5. The van der Waals surface area contributed by atoms with Crippen molar-refractivity contribution in [3.8, 4) is 11.3 Å². The molecule has 11 heteroatoms. The number of furan rings is 1. The zero-order chi connectivity index (χ0) is 20.8. The third kappa shape index (κ3) is 3.98. The molecule has 2 aliphatic rings. The van der Waals surface area contributed by atoms with Crippen molar-refractivity contribution in [1.29, 1.82) is 0 Å². The van der Waals surface area contributed by atoms with Crippen molar-refractivity contribution >= 4 is 55.8 Å². The van der Waals surface area contributed by atoms with Crippen molar-refractivity contribution in [2.24, 2.45) is 0 Å². The summed E-state index contributed by atoms with van der Waals surface area (Å²) in [7, 11) is -3.13. The normalized spacial score (nSPS) is 22.6. The van der Waals surface area contributed by atoms with Crippen molar-refractivity contribution in [3.05, 3.63) is 57.2 Å². The Labute approximate surface area is 175 Å². The summed E-state index contributed by atoms with van der Waals surface area (Å²) >= 11 is 6.40. The lowest BCUT2D eigenvalue weighted by molar-refractivity contribution is -0.384. The number of carbonyl (C=O) groups is 1. The number of nitrogens with zero attached hydrogens (tertiary/aromatic N) is 2. The first-order valence-corrected chi connectivity index (χ1v) is 11.6. The molecule has 2 aromatic rings. The summed E-state index contributed by atoms with van der Waals surface area (Å²) in [5, 5.41) is 10.8. The molecule has 0 radical (unpaired) electrons. The molecule has 0 N–H and O–H groups in total. The first kappa shape index (κ1) is 19.8. The van der Waals surface area contributed by atoms with Crippen LogP contribution in [0.3, 0.4) is 0 Å². The van der Waals surface area contributed by atoms with Crippen LogP contribution in [0.1, 0.15) is 12.2 Å². The number of amides is 1. The fraction of sp³-hybridized carbons (Fsp3) is 0.222. The van der Waals surface area contributed by atoms with E-state index in [1.165, 1.54) is 17.0 Å². The van der Waals surface area contributed by atoms with E-state index in [0.717, 1.165) is 11.8 Å². The van der Waals surface area contributed by atoms with Gasteiger partial charge in [-0.05, 0) is 30.7 Å². The van der Waals surface area contributed by atoms with Gasteiger partial charge in [0.15, 0.2) is 9.84 Å². The van der Waals surface area contributed by atoms with E-state index in [-0.39, 0.29) is 23.1 Å². The number of nitro benzene ring substituents is 1. The Morgan fingerprint density at radius 3 is 2.59 bits per heavy atom. The molecule has 150 valence electrons. The first-order valence-electron chi connectivity index (χ1n) is 8.56. The molecule has 1 aromatic heterocycles. The predicted molar refractivity (Wildman–Crippen MR) is 113 cm³/mol. The molecule has 29 heavy (non-hydrogen) atoms. The van der Waals surface area contributed by atoms with Gasteiger partial charge < -0.3 is 4.42 Å². The molecule has 1 aromatic carbocycles. The monoisotopic (exact) mass is 450 g/mol. The summed E-state index contributed by atoms with van der Waals surface area (Å²) in [4.78, 5) is 24.8. The van der Waals surface area contributed by atoms with Gasteiger partial charge in [-0.15, -0.1) is 0 Å². The molecular weight excluding hydrogens is 436 g/mol. The lowest BCUT2D eigenvalue weighted by atomic mass is 10.1. The van der Waals surface area contributed by atoms with E-state index in [9.17, 15) is 23.3 Å². The highest BCUT2D eigenvalue weighted by Crippen LogP contribution is 2.37. The number of hydrogen-bond donors (Lipinski definition) is 0. The van der Waals surface area contributed by atoms with Gasteiger partial charge in [0.2, 0.25) is 0 Å². The van der Waals surface area contributed by atoms with Crippen LogP contribution < -0.4 is 0 Å². The zero-order valence-corrected chi connectivity index (χ0v) is 17.3. The van der Waals surface area contributed by atoms with Gasteiger partial charge in [0.05, 0.1) is 27.4 Å². The van der Waals surface area contributed by atoms with Crippen molar-refractivity contribution in [3.63, 3.8) is 0 Å². The van der Waals surface area contributed by atoms with E-state index in [1.54, 1.807) is 30.3 Å². The number of benzene rings is 1. The summed E-state index contributed by atoms with van der Waals surface area (Å²) in [6.07, 6.45) is 1.95. The van der Waals surface area contributed by atoms with Gasteiger partial charge in [-0.3, -0.25) is 19.8 Å². The Morgan fingerprint density at radius 1 is 1.24 bits per heavy atom. The summed E-state index contributed by atoms with van der Waals surface area (Å²) in [5.41, 5.74) is 0.650. The van der Waals surface area contributed by atoms with Crippen LogP contribution in [-0.2, 0) is 14.6 Å². The number of carbonyl (C=O) groups excluding carboxylic acids is 1. The Kier molecular flexibility index (Phi) is 5.05. The fourth-order valence-electron chi connectivity index (χ4n) is 3.24. The van der Waals surface area contributed by atoms with Crippen LogP contribution >= 0.6 is 24.0 Å². The highest BCUT2D eigenvalue weighted by Gasteiger charge is 2.42. The average Bonchev–Trinajstić information content (AvgIpc) is 3.34. The van der Waals surface area contributed by atoms with Gasteiger partial charge in [0.1, 0.15) is 15.8 Å². The maximum absolute atomic E-state index is 12.7. The Morgan fingerprint density at radius 2 is 1.97 bits per heavy atom. The molecule has 1 atom stereocenters. The second-order valence-electron chi connectivity index (χ2n) is 6.61. The zero-order valence-electron chi connectivity index (χ0n) is 14.8. The molecule has 2 aliphatic heterocycles. The van der Waals surface area contributed by atoms with E-state index in [2.05, 4.69) is 0 Å². The van der Waals surface area contributed by atoms with Gasteiger partial charge in [0, 0.05) is 23.8 Å². The van der Waals surface area contributed by atoms with Crippen LogP contribution in [0.15, 0.2) is 45.7 Å². The van der Waals surface area contributed by atoms with E-state index < -0.39 is 20.8 Å². The van der Waals surface area contributed by atoms with Crippen molar-refractivity contribution in [1.82, 2.24) is 4.90 Å². The van der Waals surface area contributed by atoms with Crippen molar-refractivity contribution < 1.29 is 22.6 Å². The number of rotatable bonds is 4. The third-order valence-electron chi connectivity index (χ3n) is 4.66. The van der Waals surface area contributed by atoms with E-state index in [1.807, 2.05) is 0 Å². The summed E-state index contributed by atoms with van der Waals surface area (Å²) in [5.74, 6) is 0.597. The minimum absolute atomic E-state index is 0.0156. The summed E-state index contributed by atoms with van der Waals surface area (Å²) in [6, 6.07) is 8.91. The van der Waals surface area contributed by atoms with Crippen LogP contribution in [0, 0.1) is 10.1 Å². The van der Waals surface area contributed by atoms with E-state index >= 15 is 0 Å². The Balaban J connectivity index is 1.54. The van der Waals surface area contributed by atoms with Crippen LogP contribution in [0.2, 0.25) is 0 Å². The second kappa shape index (κ2) is 7.39. The lowest BCUT2D eigenvalue weighted by Gasteiger charge is -2.20. The second-order valence-corrected chi connectivity index (χ2v) is 10.5. The van der Waals surface area contributed by atoms with Crippen molar-refractivity contribution in [2.75, 3.05) is 11.5 Å². The van der Waals surface area contributed by atoms with E-state index in [0.29, 0.717) is 32.7 Å². The number of thioether (sulfide) groups is 1. The third-order valence-corrected chi connectivity index (χ3v) is 7.74. The Hall–Kier alpha value is -2.50. The SMILES string of the molecule is O=C1/C(=C/c2ccc(-c3ccc([N+](=O)[O-])cc3)o2)SC(=S)N1[C@@H]1CCS(=O)(=O)C1. The van der Waals surface area contributed by atoms with Crippen LogP contribution in [-0.4, -0.2) is 46.0 Å². The van der Waals surface area contributed by atoms with Gasteiger partial charge in [-0.2, -0.15) is 0 Å². The topological polar surface area (TPSA) is 111 Å². The molecule has 0 bridgehead atoms. The highest BCUT2D eigenvalue weighted by atomic mass is 32.2. The number of thiocarbonyl (C=S) groups is 1. The summed E-state index contributed by atoms with van der Waals surface area (Å²) in [6.45, 7) is 0. The Bertz CT molecular complexity index is 1150. The van der Waals surface area contributed by atoms with Gasteiger partial charge in [-0.25, -0.2) is 8.42 Å². The van der Waals surface area contributed by atoms with Gasteiger partial charge in [0.25, 0.3) is 11.6 Å². The highest BCUT2D eigenvalue weighted by molar-refractivity contribution is 8.26. The van der Waals surface area contributed by atoms with Gasteiger partial charge in [-0.1, -0.05) is 24.0 Å². The maximum Gasteiger partial charge on any atom is 0.269 e. The molecule has 0 unspecified atom stereocenters. The van der Waals surface area contributed by atoms with Crippen LogP contribution in [0.5, 0.6) is 0 Å². The fourth-order valence-corrected chi connectivity index (χ4v) is 6.32.